The van der Waals surface area contributed by atoms with E-state index in [1.54, 1.807) is 0 Å². The molecule has 10 nitrogen and oxygen atoms in total. The van der Waals surface area contributed by atoms with Crippen molar-refractivity contribution in [2.75, 3.05) is 29.4 Å². The largest absolute Gasteiger partial charge is 0.444 e. The fourth-order valence-electron chi connectivity index (χ4n) is 7.14. The molecule has 1 amide bonds. The van der Waals surface area contributed by atoms with Crippen molar-refractivity contribution in [2.24, 2.45) is 17.3 Å². The summed E-state index contributed by atoms with van der Waals surface area (Å²) in [6.45, 7) is 8.43. The van der Waals surface area contributed by atoms with E-state index in [9.17, 15) is 4.79 Å². The second-order valence-corrected chi connectivity index (χ2v) is 12.5. The van der Waals surface area contributed by atoms with Crippen LogP contribution >= 0.6 is 0 Å². The van der Waals surface area contributed by atoms with Crippen LogP contribution in [-0.2, 0) is 11.2 Å². The molecule has 3 fully saturated rings. The zero-order valence-corrected chi connectivity index (χ0v) is 22.4. The molecule has 3 aromatic rings. The number of alkyl carbamates (subject to hydrolysis) is 1. The van der Waals surface area contributed by atoms with Crippen molar-refractivity contribution in [3.05, 3.63) is 30.2 Å². The molecule has 7 rings (SSSR count). The topological polar surface area (TPSA) is 112 Å². The van der Waals surface area contributed by atoms with Crippen molar-refractivity contribution >= 4 is 34.6 Å². The first kappa shape index (κ1) is 23.7. The van der Waals surface area contributed by atoms with E-state index in [0.717, 1.165) is 79.8 Å². The number of rotatable bonds is 3. The molecule has 0 unspecified atom stereocenters. The maximum atomic E-state index is 12.6. The van der Waals surface area contributed by atoms with Crippen LogP contribution in [0, 0.1) is 17.3 Å². The van der Waals surface area contributed by atoms with E-state index in [1.165, 1.54) is 12.8 Å². The van der Waals surface area contributed by atoms with E-state index in [0.29, 0.717) is 11.6 Å². The van der Waals surface area contributed by atoms with E-state index < -0.39 is 5.60 Å². The molecule has 3 aromatic heterocycles. The van der Waals surface area contributed by atoms with Crippen molar-refractivity contribution in [1.82, 2.24) is 30.5 Å². The Hall–Kier alpha value is -3.43. The Bertz CT molecular complexity index is 1370. The number of amides is 1. The van der Waals surface area contributed by atoms with Crippen LogP contribution in [0.5, 0.6) is 0 Å². The molecule has 5 heterocycles. The second-order valence-electron chi connectivity index (χ2n) is 12.5. The second kappa shape index (κ2) is 8.54. The van der Waals surface area contributed by atoms with Gasteiger partial charge in [0.2, 0.25) is 0 Å². The van der Waals surface area contributed by atoms with Crippen molar-refractivity contribution < 1.29 is 9.53 Å². The number of H-pyrrole nitrogens is 1. The molecule has 4 aliphatic rings. The average molecular weight is 517 g/mol. The van der Waals surface area contributed by atoms with Crippen LogP contribution in [0.25, 0.3) is 11.2 Å². The summed E-state index contributed by atoms with van der Waals surface area (Å²) in [5.41, 5.74) is 3.36. The minimum Gasteiger partial charge on any atom is -0.444 e. The van der Waals surface area contributed by atoms with Crippen LogP contribution in [0.1, 0.15) is 58.6 Å². The standard InChI is InChI=1S/C28H36N8O2/c1-27(2,3)38-26(37)32-23-18-14-17(18)15-28(23)8-12-35(13-9-28)21-16-30-22-24(31-21)33-34-25(22)36-11-5-6-19-20(36)7-4-10-29-19/h4,7,10,16-18,23H,5-6,8-9,11-15H2,1-3H3,(H,32,37)(H,31,33,34)/t17-,18-,23+/m0/s1. The van der Waals surface area contributed by atoms with Crippen LogP contribution in [0.15, 0.2) is 24.5 Å². The fourth-order valence-corrected chi connectivity index (χ4v) is 7.14. The third kappa shape index (κ3) is 4.05. The molecule has 200 valence electrons. The Morgan fingerprint density at radius 2 is 2.05 bits per heavy atom. The lowest BCUT2D eigenvalue weighted by atomic mass is 9.71. The highest BCUT2D eigenvalue weighted by Crippen LogP contribution is 2.63. The van der Waals surface area contributed by atoms with Gasteiger partial charge in [-0.25, -0.2) is 14.8 Å². The van der Waals surface area contributed by atoms with Gasteiger partial charge in [-0.15, -0.1) is 0 Å². The molecule has 2 N–H and O–H groups in total. The fraction of sp³-hybridized carbons (Fsp3) is 0.607. The maximum absolute atomic E-state index is 12.6. The van der Waals surface area contributed by atoms with Gasteiger partial charge in [0.25, 0.3) is 0 Å². The Morgan fingerprint density at radius 1 is 1.21 bits per heavy atom. The zero-order valence-electron chi connectivity index (χ0n) is 22.4. The molecule has 1 spiro atoms. The monoisotopic (exact) mass is 516 g/mol. The maximum Gasteiger partial charge on any atom is 0.407 e. The molecule has 2 aliphatic carbocycles. The molecule has 0 aromatic carbocycles. The predicted octanol–water partition coefficient (Wildman–Crippen LogP) is 4.35. The van der Waals surface area contributed by atoms with Crippen molar-refractivity contribution in [3.63, 3.8) is 0 Å². The van der Waals surface area contributed by atoms with Gasteiger partial charge in [0.1, 0.15) is 11.4 Å². The van der Waals surface area contributed by atoms with Crippen molar-refractivity contribution in [1.29, 1.82) is 0 Å². The number of ether oxygens (including phenoxy) is 1. The van der Waals surface area contributed by atoms with Gasteiger partial charge < -0.3 is 19.9 Å². The molecular weight excluding hydrogens is 480 g/mol. The number of anilines is 3. The Balaban J connectivity index is 1.07. The molecule has 0 bridgehead atoms. The van der Waals surface area contributed by atoms with Gasteiger partial charge in [0.05, 0.1) is 17.6 Å². The molecule has 3 atom stereocenters. The van der Waals surface area contributed by atoms with Crippen molar-refractivity contribution in [3.8, 4) is 0 Å². The molecule has 1 saturated heterocycles. The predicted molar refractivity (Wildman–Crippen MR) is 144 cm³/mol. The summed E-state index contributed by atoms with van der Waals surface area (Å²) < 4.78 is 5.60. The van der Waals surface area contributed by atoms with Gasteiger partial charge >= 0.3 is 6.09 Å². The first-order valence-electron chi connectivity index (χ1n) is 14.0. The molecule has 38 heavy (non-hydrogen) atoms. The normalized spacial score (nSPS) is 25.8. The molecule has 2 aliphatic heterocycles. The first-order valence-corrected chi connectivity index (χ1v) is 14.0. The van der Waals surface area contributed by atoms with Gasteiger partial charge in [-0.2, -0.15) is 5.10 Å². The SMILES string of the molecule is CC(C)(C)OC(=O)N[C@@H]1[C@H]2C[C@H]2CC12CCN(c1cnc3c(N4CCCc5ncccc54)n[nH]c3n1)CC2. The molecule has 10 heteroatoms. The van der Waals surface area contributed by atoms with E-state index in [-0.39, 0.29) is 17.6 Å². The molecule has 2 saturated carbocycles. The number of fused-ring (bicyclic) bond motifs is 3. The summed E-state index contributed by atoms with van der Waals surface area (Å²) in [7, 11) is 0. The number of hydrogen-bond acceptors (Lipinski definition) is 8. The summed E-state index contributed by atoms with van der Waals surface area (Å²) in [5.74, 6) is 3.04. The van der Waals surface area contributed by atoms with Gasteiger partial charge in [0.15, 0.2) is 17.0 Å². The number of nitrogens with zero attached hydrogens (tertiary/aromatic N) is 6. The summed E-state index contributed by atoms with van der Waals surface area (Å²) in [6.07, 6.45) is 9.97. The number of piperidine rings is 1. The number of carbonyl (C=O) groups is 1. The van der Waals surface area contributed by atoms with Crippen LogP contribution in [-0.4, -0.2) is 62.5 Å². The van der Waals surface area contributed by atoms with Gasteiger partial charge in [0, 0.05) is 31.9 Å². The van der Waals surface area contributed by atoms with E-state index in [1.807, 2.05) is 39.2 Å². The van der Waals surface area contributed by atoms with E-state index in [2.05, 4.69) is 36.4 Å². The Labute approximate surface area is 222 Å². The smallest absolute Gasteiger partial charge is 0.407 e. The number of aromatic amines is 1. The van der Waals surface area contributed by atoms with Crippen LogP contribution < -0.4 is 15.1 Å². The van der Waals surface area contributed by atoms with Crippen LogP contribution in [0.2, 0.25) is 0 Å². The van der Waals surface area contributed by atoms with E-state index in [4.69, 9.17) is 14.7 Å². The number of nitrogens with one attached hydrogen (secondary N) is 2. The highest BCUT2D eigenvalue weighted by atomic mass is 16.6. The van der Waals surface area contributed by atoms with Crippen LogP contribution in [0.4, 0.5) is 22.1 Å². The number of hydrogen-bond donors (Lipinski definition) is 2. The lowest BCUT2D eigenvalue weighted by molar-refractivity contribution is 0.0417. The summed E-state index contributed by atoms with van der Waals surface area (Å²) in [4.78, 5) is 31.5. The highest BCUT2D eigenvalue weighted by Gasteiger charge is 2.62. The summed E-state index contributed by atoms with van der Waals surface area (Å²) >= 11 is 0. The lowest BCUT2D eigenvalue weighted by Crippen LogP contribution is -2.53. The van der Waals surface area contributed by atoms with Gasteiger partial charge in [-0.1, -0.05) is 0 Å². The number of carbonyl (C=O) groups excluding carboxylic acids is 1. The number of aromatic nitrogens is 5. The molecular formula is C28H36N8O2. The van der Waals surface area contributed by atoms with Gasteiger partial charge in [-0.05, 0) is 88.7 Å². The van der Waals surface area contributed by atoms with E-state index >= 15 is 0 Å². The van der Waals surface area contributed by atoms with Crippen LogP contribution in [0.3, 0.4) is 0 Å². The zero-order chi connectivity index (χ0) is 26.1. The summed E-state index contributed by atoms with van der Waals surface area (Å²) in [5, 5.41) is 11.0. The third-order valence-corrected chi connectivity index (χ3v) is 8.94. The minimum absolute atomic E-state index is 0.148. The first-order chi connectivity index (χ1) is 18.3. The Morgan fingerprint density at radius 3 is 2.87 bits per heavy atom. The Kier molecular flexibility index (Phi) is 5.32. The minimum atomic E-state index is -0.486. The quantitative estimate of drug-likeness (QED) is 0.528. The number of aryl methyl sites for hydroxylation is 1. The van der Waals surface area contributed by atoms with Gasteiger partial charge in [-0.3, -0.25) is 10.1 Å². The average Bonchev–Trinajstić information content (AvgIpc) is 3.41. The third-order valence-electron chi connectivity index (χ3n) is 8.94. The number of pyridine rings is 1. The summed E-state index contributed by atoms with van der Waals surface area (Å²) in [6, 6.07) is 4.28. The van der Waals surface area contributed by atoms with Crippen molar-refractivity contribution in [2.45, 2.75) is 70.9 Å². The highest BCUT2D eigenvalue weighted by molar-refractivity contribution is 5.87. The lowest BCUT2D eigenvalue weighted by Gasteiger charge is -2.45. The molecule has 0 radical (unpaired) electrons.